The molecular formula is C13H15Cl2NO3S. The fourth-order valence-electron chi connectivity index (χ4n) is 2.44. The molecule has 1 unspecified atom stereocenters. The van der Waals surface area contributed by atoms with Crippen molar-refractivity contribution in [1.29, 1.82) is 0 Å². The third-order valence-electron chi connectivity index (χ3n) is 3.46. The Kier molecular flexibility index (Phi) is 4.62. The molecule has 2 rings (SSSR count). The fraction of sp³-hybridized carbons (Fsp3) is 0.462. The molecule has 1 amide bonds. The molecule has 1 saturated heterocycles. The fourth-order valence-corrected chi connectivity index (χ4v) is 4.43. The van der Waals surface area contributed by atoms with E-state index in [-0.39, 0.29) is 29.3 Å². The largest absolute Gasteiger partial charge is 0.307 e. The number of benzene rings is 1. The van der Waals surface area contributed by atoms with E-state index in [0.29, 0.717) is 17.1 Å². The average molecular weight is 336 g/mol. The van der Waals surface area contributed by atoms with Gasteiger partial charge in [-0.3, -0.25) is 4.79 Å². The van der Waals surface area contributed by atoms with Crippen molar-refractivity contribution in [3.63, 3.8) is 0 Å². The molecule has 1 heterocycles. The Bertz CT molecular complexity index is 631. The Labute approximate surface area is 128 Å². The van der Waals surface area contributed by atoms with Crippen LogP contribution in [0, 0.1) is 6.92 Å². The normalized spacial score (nSPS) is 20.9. The highest BCUT2D eigenvalue weighted by Gasteiger charge is 2.35. The monoisotopic (exact) mass is 335 g/mol. The molecule has 1 aliphatic heterocycles. The minimum Gasteiger partial charge on any atom is -0.307 e. The van der Waals surface area contributed by atoms with Crippen molar-refractivity contribution in [1.82, 2.24) is 0 Å². The number of carbonyl (C=O) groups excluding carboxylic acids is 1. The van der Waals surface area contributed by atoms with E-state index >= 15 is 0 Å². The Morgan fingerprint density at radius 2 is 2.15 bits per heavy atom. The number of rotatable bonds is 3. The highest BCUT2D eigenvalue weighted by Crippen LogP contribution is 2.31. The summed E-state index contributed by atoms with van der Waals surface area (Å²) in [4.78, 5) is 13.6. The number of carbonyl (C=O) groups is 1. The summed E-state index contributed by atoms with van der Waals surface area (Å²) in [5.74, 6) is -0.424. The number of anilines is 1. The summed E-state index contributed by atoms with van der Waals surface area (Å²) in [6.45, 7) is 1.80. The van der Waals surface area contributed by atoms with E-state index in [0.717, 1.165) is 5.56 Å². The van der Waals surface area contributed by atoms with Gasteiger partial charge in [0, 0.05) is 10.7 Å². The lowest BCUT2D eigenvalue weighted by atomic mass is 10.1. The van der Waals surface area contributed by atoms with E-state index < -0.39 is 9.84 Å². The van der Waals surface area contributed by atoms with Crippen LogP contribution in [0.5, 0.6) is 0 Å². The summed E-state index contributed by atoms with van der Waals surface area (Å²) in [6.07, 6.45) is 0.427. The quantitative estimate of drug-likeness (QED) is 0.797. The van der Waals surface area contributed by atoms with Crippen LogP contribution in [0.2, 0.25) is 5.02 Å². The van der Waals surface area contributed by atoms with Gasteiger partial charge in [0.15, 0.2) is 9.84 Å². The van der Waals surface area contributed by atoms with Gasteiger partial charge in [0.05, 0.1) is 17.5 Å². The number of halogens is 2. The molecule has 0 bridgehead atoms. The summed E-state index contributed by atoms with van der Waals surface area (Å²) in [5, 5.41) is 0.538. The summed E-state index contributed by atoms with van der Waals surface area (Å²) in [5.41, 5.74) is 1.38. The second-order valence-corrected chi connectivity index (χ2v) is 7.74. The third kappa shape index (κ3) is 3.10. The van der Waals surface area contributed by atoms with E-state index in [1.54, 1.807) is 25.1 Å². The standard InChI is InChI=1S/C13H15Cl2NO3S/c1-9-11(15)3-2-4-12(9)16(13(17)7-14)10-5-6-20(18,19)8-10/h2-4,10H,5-8H2,1H3. The van der Waals surface area contributed by atoms with Crippen LogP contribution >= 0.6 is 23.2 Å². The minimum absolute atomic E-state index is 0.0262. The summed E-state index contributed by atoms with van der Waals surface area (Å²) >= 11 is 11.7. The first-order valence-corrected chi connectivity index (χ1v) is 8.92. The van der Waals surface area contributed by atoms with Crippen molar-refractivity contribution >= 4 is 44.6 Å². The van der Waals surface area contributed by atoms with Crippen molar-refractivity contribution in [2.75, 3.05) is 22.3 Å². The predicted octanol–water partition coefficient (Wildman–Crippen LogP) is 2.41. The van der Waals surface area contributed by atoms with Crippen LogP contribution in [0.25, 0.3) is 0 Å². The van der Waals surface area contributed by atoms with Crippen LogP contribution in [0.3, 0.4) is 0 Å². The first kappa shape index (κ1) is 15.6. The Morgan fingerprint density at radius 3 is 2.70 bits per heavy atom. The molecular weight excluding hydrogens is 321 g/mol. The highest BCUT2D eigenvalue weighted by atomic mass is 35.5. The van der Waals surface area contributed by atoms with Crippen molar-refractivity contribution in [3.05, 3.63) is 28.8 Å². The Balaban J connectivity index is 2.44. The maximum Gasteiger partial charge on any atom is 0.242 e. The molecule has 110 valence electrons. The molecule has 20 heavy (non-hydrogen) atoms. The van der Waals surface area contributed by atoms with Gasteiger partial charge in [-0.25, -0.2) is 8.42 Å². The predicted molar refractivity (Wildman–Crippen MR) is 81.5 cm³/mol. The van der Waals surface area contributed by atoms with E-state index in [4.69, 9.17) is 23.2 Å². The number of nitrogens with zero attached hydrogens (tertiary/aromatic N) is 1. The van der Waals surface area contributed by atoms with E-state index in [1.807, 2.05) is 0 Å². The van der Waals surface area contributed by atoms with Crippen LogP contribution in [-0.2, 0) is 14.6 Å². The van der Waals surface area contributed by atoms with Gasteiger partial charge in [-0.15, -0.1) is 11.6 Å². The molecule has 1 aliphatic rings. The number of hydrogen-bond donors (Lipinski definition) is 0. The Hall–Kier alpha value is -0.780. The second-order valence-electron chi connectivity index (χ2n) is 4.84. The van der Waals surface area contributed by atoms with Gasteiger partial charge in [-0.2, -0.15) is 0 Å². The molecule has 1 aromatic carbocycles. The molecule has 1 atom stereocenters. The van der Waals surface area contributed by atoms with Crippen LogP contribution in [0.1, 0.15) is 12.0 Å². The summed E-state index contributed by atoms with van der Waals surface area (Å²) < 4.78 is 23.3. The van der Waals surface area contributed by atoms with Gasteiger partial charge in [0.2, 0.25) is 5.91 Å². The smallest absolute Gasteiger partial charge is 0.242 e. The van der Waals surface area contributed by atoms with Crippen molar-refractivity contribution in [2.45, 2.75) is 19.4 Å². The third-order valence-corrected chi connectivity index (χ3v) is 5.84. The minimum atomic E-state index is -3.08. The average Bonchev–Trinajstić information content (AvgIpc) is 2.74. The lowest BCUT2D eigenvalue weighted by molar-refractivity contribution is -0.116. The zero-order chi connectivity index (χ0) is 14.9. The zero-order valence-corrected chi connectivity index (χ0v) is 13.3. The van der Waals surface area contributed by atoms with E-state index in [2.05, 4.69) is 0 Å². The van der Waals surface area contributed by atoms with Gasteiger partial charge in [-0.1, -0.05) is 17.7 Å². The van der Waals surface area contributed by atoms with Gasteiger partial charge in [-0.05, 0) is 31.0 Å². The van der Waals surface area contributed by atoms with Crippen LogP contribution in [0.4, 0.5) is 5.69 Å². The molecule has 7 heteroatoms. The Morgan fingerprint density at radius 1 is 1.45 bits per heavy atom. The van der Waals surface area contributed by atoms with Crippen LogP contribution < -0.4 is 4.90 Å². The maximum atomic E-state index is 12.1. The number of amides is 1. The molecule has 4 nitrogen and oxygen atoms in total. The molecule has 0 aromatic heterocycles. The molecule has 1 fully saturated rings. The first-order valence-electron chi connectivity index (χ1n) is 6.19. The van der Waals surface area contributed by atoms with Gasteiger partial charge in [0.25, 0.3) is 0 Å². The maximum absolute atomic E-state index is 12.1. The number of alkyl halides is 1. The SMILES string of the molecule is Cc1c(Cl)cccc1N(C(=O)CCl)C1CCS(=O)(=O)C1. The number of sulfone groups is 1. The molecule has 0 N–H and O–H groups in total. The molecule has 0 radical (unpaired) electrons. The topological polar surface area (TPSA) is 54.5 Å². The molecule has 1 aromatic rings. The summed E-state index contributed by atoms with van der Waals surface area (Å²) in [6, 6.07) is 4.86. The van der Waals surface area contributed by atoms with E-state index in [1.165, 1.54) is 4.90 Å². The lowest BCUT2D eigenvalue weighted by Gasteiger charge is -2.29. The second kappa shape index (κ2) is 5.92. The van der Waals surface area contributed by atoms with Gasteiger partial charge < -0.3 is 4.90 Å². The first-order chi connectivity index (χ1) is 9.35. The van der Waals surface area contributed by atoms with Crippen molar-refractivity contribution < 1.29 is 13.2 Å². The van der Waals surface area contributed by atoms with Crippen LogP contribution in [0.15, 0.2) is 18.2 Å². The van der Waals surface area contributed by atoms with Crippen molar-refractivity contribution in [3.8, 4) is 0 Å². The number of hydrogen-bond acceptors (Lipinski definition) is 3. The van der Waals surface area contributed by atoms with Gasteiger partial charge >= 0.3 is 0 Å². The zero-order valence-electron chi connectivity index (χ0n) is 11.0. The summed E-state index contributed by atoms with van der Waals surface area (Å²) in [7, 11) is -3.08. The van der Waals surface area contributed by atoms with Crippen LogP contribution in [-0.4, -0.2) is 37.8 Å². The molecule has 0 spiro atoms. The lowest BCUT2D eigenvalue weighted by Crippen LogP contribution is -2.42. The molecule has 0 saturated carbocycles. The van der Waals surface area contributed by atoms with Crippen molar-refractivity contribution in [2.24, 2.45) is 0 Å². The highest BCUT2D eigenvalue weighted by molar-refractivity contribution is 7.91. The van der Waals surface area contributed by atoms with E-state index in [9.17, 15) is 13.2 Å². The van der Waals surface area contributed by atoms with Gasteiger partial charge in [0.1, 0.15) is 5.88 Å². The molecule has 0 aliphatic carbocycles.